The summed E-state index contributed by atoms with van der Waals surface area (Å²) in [4.78, 5) is 15.4. The van der Waals surface area contributed by atoms with Gasteiger partial charge in [0.25, 0.3) is 0 Å². The van der Waals surface area contributed by atoms with E-state index in [0.29, 0.717) is 25.4 Å². The summed E-state index contributed by atoms with van der Waals surface area (Å²) in [5, 5.41) is 2.95. The average molecular weight is 474 g/mol. The van der Waals surface area contributed by atoms with E-state index in [1.807, 2.05) is 32.9 Å². The Morgan fingerprint density at radius 1 is 1.06 bits per heavy atom. The highest BCUT2D eigenvalue weighted by Gasteiger charge is 2.26. The molecule has 1 aliphatic rings. The first-order chi connectivity index (χ1) is 15.9. The molecule has 2 aromatic rings. The van der Waals surface area contributed by atoms with Crippen LogP contribution in [-0.2, 0) is 21.4 Å². The van der Waals surface area contributed by atoms with Crippen molar-refractivity contribution in [1.29, 1.82) is 0 Å². The van der Waals surface area contributed by atoms with Gasteiger partial charge in [0, 0.05) is 31.2 Å². The molecular formula is C25H35N3O4S. The van der Waals surface area contributed by atoms with Gasteiger partial charge in [0.1, 0.15) is 5.75 Å². The molecule has 0 aliphatic carbocycles. The number of nitrogens with one attached hydrogen (secondary N) is 1. The van der Waals surface area contributed by atoms with Gasteiger partial charge in [-0.1, -0.05) is 26.0 Å². The minimum absolute atomic E-state index is 0.00709. The zero-order valence-corrected chi connectivity index (χ0v) is 20.6. The lowest BCUT2D eigenvalue weighted by Crippen LogP contribution is -2.37. The molecule has 8 heteroatoms. The van der Waals surface area contributed by atoms with E-state index in [4.69, 9.17) is 4.74 Å². The summed E-state index contributed by atoms with van der Waals surface area (Å²) in [6.45, 7) is 9.68. The molecule has 1 aliphatic heterocycles. The summed E-state index contributed by atoms with van der Waals surface area (Å²) < 4.78 is 32.2. The van der Waals surface area contributed by atoms with Crippen molar-refractivity contribution in [2.24, 2.45) is 5.92 Å². The van der Waals surface area contributed by atoms with E-state index in [-0.39, 0.29) is 16.7 Å². The Labute approximate surface area is 197 Å². The zero-order chi connectivity index (χ0) is 23.8. The van der Waals surface area contributed by atoms with Crippen LogP contribution in [0.5, 0.6) is 5.75 Å². The molecule has 0 radical (unpaired) electrons. The van der Waals surface area contributed by atoms with E-state index in [0.717, 1.165) is 38.2 Å². The summed E-state index contributed by atoms with van der Waals surface area (Å²) in [6, 6.07) is 14.6. The van der Waals surface area contributed by atoms with Crippen molar-refractivity contribution in [3.8, 4) is 5.75 Å². The van der Waals surface area contributed by atoms with Gasteiger partial charge in [0.15, 0.2) is 0 Å². The highest BCUT2D eigenvalue weighted by atomic mass is 32.2. The van der Waals surface area contributed by atoms with Crippen molar-refractivity contribution in [1.82, 2.24) is 9.21 Å². The van der Waals surface area contributed by atoms with Gasteiger partial charge in [-0.2, -0.15) is 4.31 Å². The maximum Gasteiger partial charge on any atom is 0.243 e. The predicted molar refractivity (Wildman–Crippen MR) is 131 cm³/mol. The second-order valence-corrected chi connectivity index (χ2v) is 10.2. The van der Waals surface area contributed by atoms with Gasteiger partial charge in [-0.3, -0.25) is 9.69 Å². The summed E-state index contributed by atoms with van der Waals surface area (Å²) in [7, 11) is -3.50. The Hall–Kier alpha value is -2.42. The molecule has 0 atom stereocenters. The molecule has 1 amide bonds. The van der Waals surface area contributed by atoms with Crippen LogP contribution in [0.4, 0.5) is 5.69 Å². The summed E-state index contributed by atoms with van der Waals surface area (Å²) in [6.07, 6.45) is 1.59. The van der Waals surface area contributed by atoms with Crippen molar-refractivity contribution < 1.29 is 17.9 Å². The van der Waals surface area contributed by atoms with Crippen LogP contribution in [-0.4, -0.2) is 56.3 Å². The number of sulfonamides is 1. The monoisotopic (exact) mass is 473 g/mol. The molecule has 1 heterocycles. The van der Waals surface area contributed by atoms with Crippen LogP contribution in [0, 0.1) is 5.92 Å². The first kappa shape index (κ1) is 25.2. The lowest BCUT2D eigenvalue weighted by atomic mass is 9.95. The number of anilines is 1. The first-order valence-electron chi connectivity index (χ1n) is 11.7. The van der Waals surface area contributed by atoms with Crippen molar-refractivity contribution in [2.75, 3.05) is 38.1 Å². The third-order valence-corrected chi connectivity index (χ3v) is 8.10. The summed E-state index contributed by atoms with van der Waals surface area (Å²) >= 11 is 0. The number of benzene rings is 2. The Balaban J connectivity index is 1.51. The van der Waals surface area contributed by atoms with E-state index in [1.54, 1.807) is 24.3 Å². The SMILES string of the molecule is CCOc1cccc(CN2CCC(C(=O)Nc3ccc(S(=O)(=O)N(CC)CC)cc3)CC2)c1. The zero-order valence-electron chi connectivity index (χ0n) is 19.8. The van der Waals surface area contributed by atoms with E-state index in [2.05, 4.69) is 22.3 Å². The van der Waals surface area contributed by atoms with Crippen molar-refractivity contribution in [3.05, 3.63) is 54.1 Å². The number of carbonyl (C=O) groups is 1. The lowest BCUT2D eigenvalue weighted by Gasteiger charge is -2.31. The molecule has 1 saturated heterocycles. The van der Waals surface area contributed by atoms with Crippen LogP contribution in [0.25, 0.3) is 0 Å². The molecule has 180 valence electrons. The Morgan fingerprint density at radius 2 is 1.73 bits per heavy atom. The van der Waals surface area contributed by atoms with Gasteiger partial charge in [0.05, 0.1) is 11.5 Å². The van der Waals surface area contributed by atoms with Crippen molar-refractivity contribution in [2.45, 2.75) is 45.1 Å². The second kappa shape index (κ2) is 11.6. The molecule has 0 saturated carbocycles. The number of piperidine rings is 1. The quantitative estimate of drug-likeness (QED) is 0.565. The third kappa shape index (κ3) is 6.56. The van der Waals surface area contributed by atoms with Crippen LogP contribution >= 0.6 is 0 Å². The number of hydrogen-bond acceptors (Lipinski definition) is 5. The van der Waals surface area contributed by atoms with Crippen LogP contribution in [0.1, 0.15) is 39.2 Å². The van der Waals surface area contributed by atoms with E-state index in [1.165, 1.54) is 9.87 Å². The van der Waals surface area contributed by atoms with Gasteiger partial charge < -0.3 is 10.1 Å². The molecule has 7 nitrogen and oxygen atoms in total. The number of hydrogen-bond donors (Lipinski definition) is 1. The minimum atomic E-state index is -3.50. The van der Waals surface area contributed by atoms with Gasteiger partial charge in [0.2, 0.25) is 15.9 Å². The Kier molecular flexibility index (Phi) is 8.88. The molecule has 0 unspecified atom stereocenters. The molecule has 0 spiro atoms. The molecule has 33 heavy (non-hydrogen) atoms. The summed E-state index contributed by atoms with van der Waals surface area (Å²) in [5.74, 6) is 0.836. The van der Waals surface area contributed by atoms with E-state index < -0.39 is 10.0 Å². The molecule has 2 aromatic carbocycles. The lowest BCUT2D eigenvalue weighted by molar-refractivity contribution is -0.121. The van der Waals surface area contributed by atoms with Gasteiger partial charge >= 0.3 is 0 Å². The molecule has 0 aromatic heterocycles. The number of amides is 1. The Morgan fingerprint density at radius 3 is 2.33 bits per heavy atom. The fourth-order valence-corrected chi connectivity index (χ4v) is 5.64. The number of rotatable bonds is 10. The molecule has 1 fully saturated rings. The highest BCUT2D eigenvalue weighted by molar-refractivity contribution is 7.89. The first-order valence-corrected chi connectivity index (χ1v) is 13.2. The van der Waals surface area contributed by atoms with Crippen LogP contribution in [0.15, 0.2) is 53.4 Å². The van der Waals surface area contributed by atoms with Gasteiger partial charge in [-0.25, -0.2) is 8.42 Å². The largest absolute Gasteiger partial charge is 0.494 e. The number of likely N-dealkylation sites (tertiary alicyclic amines) is 1. The van der Waals surface area contributed by atoms with E-state index in [9.17, 15) is 13.2 Å². The van der Waals surface area contributed by atoms with Crippen LogP contribution in [0.3, 0.4) is 0 Å². The number of carbonyl (C=O) groups excluding carboxylic acids is 1. The van der Waals surface area contributed by atoms with Gasteiger partial charge in [-0.05, 0) is 74.8 Å². The second-order valence-electron chi connectivity index (χ2n) is 8.23. The minimum Gasteiger partial charge on any atom is -0.494 e. The molecule has 0 bridgehead atoms. The van der Waals surface area contributed by atoms with Crippen molar-refractivity contribution >= 4 is 21.6 Å². The van der Waals surface area contributed by atoms with Crippen LogP contribution in [0.2, 0.25) is 0 Å². The van der Waals surface area contributed by atoms with Crippen LogP contribution < -0.4 is 10.1 Å². The standard InChI is InChI=1S/C25H35N3O4S/c1-4-28(5-2)33(30,31)24-12-10-22(11-13-24)26-25(29)21-14-16-27(17-15-21)19-20-8-7-9-23(18-20)32-6-3/h7-13,18,21H,4-6,14-17,19H2,1-3H3,(H,26,29). The average Bonchev–Trinajstić information content (AvgIpc) is 2.81. The maximum absolute atomic E-state index is 12.8. The fraction of sp³-hybridized carbons (Fsp3) is 0.480. The Bertz CT molecular complexity index is 1010. The summed E-state index contributed by atoms with van der Waals surface area (Å²) in [5.41, 5.74) is 1.83. The van der Waals surface area contributed by atoms with Crippen molar-refractivity contribution in [3.63, 3.8) is 0 Å². The van der Waals surface area contributed by atoms with E-state index >= 15 is 0 Å². The predicted octanol–water partition coefficient (Wildman–Crippen LogP) is 3.97. The fourth-order valence-electron chi connectivity index (χ4n) is 4.18. The number of nitrogens with zero attached hydrogens (tertiary/aromatic N) is 2. The van der Waals surface area contributed by atoms with Gasteiger partial charge in [-0.15, -0.1) is 0 Å². The smallest absolute Gasteiger partial charge is 0.243 e. The normalized spacial score (nSPS) is 15.5. The molecular weight excluding hydrogens is 438 g/mol. The maximum atomic E-state index is 12.8. The molecule has 1 N–H and O–H groups in total. The third-order valence-electron chi connectivity index (χ3n) is 6.04. The topological polar surface area (TPSA) is 79.0 Å². The number of ether oxygens (including phenoxy) is 1. The highest BCUT2D eigenvalue weighted by Crippen LogP contribution is 2.23. The molecule has 3 rings (SSSR count).